The Morgan fingerprint density at radius 1 is 1.07 bits per heavy atom. The molecule has 1 amide bonds. The summed E-state index contributed by atoms with van der Waals surface area (Å²) in [4.78, 5) is 32.3. The van der Waals surface area contributed by atoms with Gasteiger partial charge in [0.05, 0.1) is 16.6 Å². The number of carbonyl (C=O) groups excluding carboxylic acids is 1. The molecule has 0 aliphatic carbocycles. The minimum atomic E-state index is -0.0592. The molecule has 0 bridgehead atoms. The summed E-state index contributed by atoms with van der Waals surface area (Å²) in [6.45, 7) is 9.55. The van der Waals surface area contributed by atoms with Crippen molar-refractivity contribution in [2.24, 2.45) is 0 Å². The Morgan fingerprint density at radius 2 is 1.80 bits per heavy atom. The Bertz CT molecular complexity index is 1100. The van der Waals surface area contributed by atoms with Gasteiger partial charge in [-0.05, 0) is 63.4 Å². The first kappa shape index (κ1) is 22.1. The molecule has 30 heavy (non-hydrogen) atoms. The minimum absolute atomic E-state index is 0.0592. The predicted molar refractivity (Wildman–Crippen MR) is 125 cm³/mol. The van der Waals surface area contributed by atoms with E-state index in [1.54, 1.807) is 4.57 Å². The molecule has 0 aliphatic rings. The molecule has 6 heteroatoms. The van der Waals surface area contributed by atoms with Crippen molar-refractivity contribution in [2.45, 2.75) is 45.7 Å². The second kappa shape index (κ2) is 9.94. The van der Waals surface area contributed by atoms with E-state index in [-0.39, 0.29) is 11.5 Å². The number of nitrogens with zero attached hydrogens (tertiary/aromatic N) is 3. The van der Waals surface area contributed by atoms with Gasteiger partial charge in [0.2, 0.25) is 5.91 Å². The molecule has 0 spiro atoms. The standard InChI is InChI=1S/C24H29N3O2S/c1-5-26(6-2)22(28)15-10-16-30-24-25-20-13-8-7-12-19(20)23(29)27(24)21-14-9-11-17(3)18(21)4/h7-9,11-14H,5-6,10,15-16H2,1-4H3. The summed E-state index contributed by atoms with van der Waals surface area (Å²) in [5.74, 6) is 0.904. The molecule has 5 nitrogen and oxygen atoms in total. The number of carbonyl (C=O) groups is 1. The zero-order chi connectivity index (χ0) is 21.7. The molecule has 0 saturated heterocycles. The molecule has 158 valence electrons. The monoisotopic (exact) mass is 423 g/mol. The van der Waals surface area contributed by atoms with Gasteiger partial charge in [-0.25, -0.2) is 4.98 Å². The zero-order valence-corrected chi connectivity index (χ0v) is 19.0. The van der Waals surface area contributed by atoms with Crippen molar-refractivity contribution in [2.75, 3.05) is 18.8 Å². The van der Waals surface area contributed by atoms with Gasteiger partial charge in [-0.1, -0.05) is 36.0 Å². The largest absolute Gasteiger partial charge is 0.343 e. The van der Waals surface area contributed by atoms with Crippen LogP contribution in [0.1, 0.15) is 37.8 Å². The lowest BCUT2D eigenvalue weighted by Crippen LogP contribution is -2.30. The number of benzene rings is 2. The number of fused-ring (bicyclic) bond motifs is 1. The Kier molecular flexibility index (Phi) is 7.32. The summed E-state index contributed by atoms with van der Waals surface area (Å²) in [6.07, 6.45) is 1.26. The van der Waals surface area contributed by atoms with E-state index < -0.39 is 0 Å². The summed E-state index contributed by atoms with van der Waals surface area (Å²) in [5, 5.41) is 1.28. The summed E-state index contributed by atoms with van der Waals surface area (Å²) in [6, 6.07) is 13.4. The Balaban J connectivity index is 1.93. The summed E-state index contributed by atoms with van der Waals surface area (Å²) in [5.41, 5.74) is 3.70. The second-order valence-corrected chi connectivity index (χ2v) is 8.35. The summed E-state index contributed by atoms with van der Waals surface area (Å²) in [7, 11) is 0. The number of hydrogen-bond donors (Lipinski definition) is 0. The van der Waals surface area contributed by atoms with Crippen LogP contribution in [-0.2, 0) is 4.79 Å². The lowest BCUT2D eigenvalue weighted by molar-refractivity contribution is -0.130. The average Bonchev–Trinajstić information content (AvgIpc) is 2.75. The van der Waals surface area contributed by atoms with Gasteiger partial charge in [-0.3, -0.25) is 14.2 Å². The van der Waals surface area contributed by atoms with Gasteiger partial charge in [0.25, 0.3) is 5.56 Å². The van der Waals surface area contributed by atoms with Gasteiger partial charge < -0.3 is 4.90 Å². The highest BCUT2D eigenvalue weighted by Crippen LogP contribution is 2.25. The number of thioether (sulfide) groups is 1. The maximum absolute atomic E-state index is 13.4. The van der Waals surface area contributed by atoms with Crippen molar-refractivity contribution in [3.8, 4) is 5.69 Å². The number of hydrogen-bond acceptors (Lipinski definition) is 4. The van der Waals surface area contributed by atoms with Crippen molar-refractivity contribution in [1.29, 1.82) is 0 Å². The first-order chi connectivity index (χ1) is 14.5. The summed E-state index contributed by atoms with van der Waals surface area (Å²) < 4.78 is 1.72. The Labute approximate surface area is 182 Å². The number of para-hydroxylation sites is 1. The normalized spacial score (nSPS) is 11.1. The zero-order valence-electron chi connectivity index (χ0n) is 18.1. The highest BCUT2D eigenvalue weighted by Gasteiger charge is 2.16. The van der Waals surface area contributed by atoms with Crippen LogP contribution in [0.2, 0.25) is 0 Å². The third-order valence-electron chi connectivity index (χ3n) is 5.44. The van der Waals surface area contributed by atoms with Crippen LogP contribution in [0.4, 0.5) is 0 Å². The second-order valence-electron chi connectivity index (χ2n) is 7.29. The molecule has 0 radical (unpaired) electrons. The van der Waals surface area contributed by atoms with Crippen LogP contribution in [0.3, 0.4) is 0 Å². The highest BCUT2D eigenvalue weighted by molar-refractivity contribution is 7.99. The maximum Gasteiger partial charge on any atom is 0.266 e. The molecule has 3 aromatic rings. The SMILES string of the molecule is CCN(CC)C(=O)CCCSc1nc2ccccc2c(=O)n1-c1cccc(C)c1C. The fourth-order valence-electron chi connectivity index (χ4n) is 3.52. The van der Waals surface area contributed by atoms with Crippen LogP contribution >= 0.6 is 11.8 Å². The smallest absolute Gasteiger partial charge is 0.266 e. The quantitative estimate of drug-likeness (QED) is 0.298. The fourth-order valence-corrected chi connectivity index (χ4v) is 4.47. The first-order valence-electron chi connectivity index (χ1n) is 10.5. The molecule has 1 heterocycles. The first-order valence-corrected chi connectivity index (χ1v) is 11.4. The topological polar surface area (TPSA) is 55.2 Å². The molecule has 0 atom stereocenters. The number of aryl methyl sites for hydroxylation is 1. The third kappa shape index (κ3) is 4.59. The maximum atomic E-state index is 13.4. The van der Waals surface area contributed by atoms with Gasteiger partial charge in [0.15, 0.2) is 5.16 Å². The fraction of sp³-hybridized carbons (Fsp3) is 0.375. The van der Waals surface area contributed by atoms with E-state index in [1.165, 1.54) is 11.8 Å². The van der Waals surface area contributed by atoms with Gasteiger partial charge in [-0.2, -0.15) is 0 Å². The summed E-state index contributed by atoms with van der Waals surface area (Å²) >= 11 is 1.54. The van der Waals surface area contributed by atoms with Crippen molar-refractivity contribution in [3.05, 3.63) is 63.9 Å². The van der Waals surface area contributed by atoms with Crippen molar-refractivity contribution in [3.63, 3.8) is 0 Å². The predicted octanol–water partition coefficient (Wildman–Crippen LogP) is 4.74. The number of aromatic nitrogens is 2. The molecule has 0 N–H and O–H groups in total. The molecular weight excluding hydrogens is 394 g/mol. The molecule has 0 unspecified atom stereocenters. The van der Waals surface area contributed by atoms with Crippen LogP contribution in [0.5, 0.6) is 0 Å². The van der Waals surface area contributed by atoms with Gasteiger partial charge >= 0.3 is 0 Å². The molecule has 2 aromatic carbocycles. The van der Waals surface area contributed by atoms with E-state index >= 15 is 0 Å². The number of rotatable bonds is 8. The third-order valence-corrected chi connectivity index (χ3v) is 6.47. The van der Waals surface area contributed by atoms with Crippen molar-refractivity contribution < 1.29 is 4.79 Å². The lowest BCUT2D eigenvalue weighted by Gasteiger charge is -2.18. The van der Waals surface area contributed by atoms with Crippen LogP contribution in [0, 0.1) is 13.8 Å². The van der Waals surface area contributed by atoms with Crippen LogP contribution in [0.25, 0.3) is 16.6 Å². The van der Waals surface area contributed by atoms with Crippen LogP contribution in [0.15, 0.2) is 52.4 Å². The Morgan fingerprint density at radius 3 is 2.53 bits per heavy atom. The molecule has 0 saturated carbocycles. The van der Waals surface area contributed by atoms with Crippen molar-refractivity contribution in [1.82, 2.24) is 14.5 Å². The van der Waals surface area contributed by atoms with Crippen molar-refractivity contribution >= 4 is 28.6 Å². The lowest BCUT2D eigenvalue weighted by atomic mass is 10.1. The van der Waals surface area contributed by atoms with E-state index in [0.717, 1.165) is 42.1 Å². The van der Waals surface area contributed by atoms with E-state index in [9.17, 15) is 9.59 Å². The minimum Gasteiger partial charge on any atom is -0.343 e. The molecule has 1 aromatic heterocycles. The molecular formula is C24H29N3O2S. The van der Waals surface area contributed by atoms with E-state index in [1.807, 2.05) is 75.1 Å². The van der Waals surface area contributed by atoms with Gasteiger partial charge in [0.1, 0.15) is 0 Å². The Hall–Kier alpha value is -2.60. The molecule has 0 fully saturated rings. The van der Waals surface area contributed by atoms with E-state index in [0.29, 0.717) is 22.5 Å². The van der Waals surface area contributed by atoms with Crippen LogP contribution in [-0.4, -0.2) is 39.2 Å². The molecule has 0 aliphatic heterocycles. The molecule has 3 rings (SSSR count). The highest BCUT2D eigenvalue weighted by atomic mass is 32.2. The van der Waals surface area contributed by atoms with Gasteiger partial charge in [-0.15, -0.1) is 0 Å². The van der Waals surface area contributed by atoms with Crippen LogP contribution < -0.4 is 5.56 Å². The van der Waals surface area contributed by atoms with Gasteiger partial charge in [0, 0.05) is 25.3 Å². The van der Waals surface area contributed by atoms with E-state index in [4.69, 9.17) is 4.98 Å². The number of amides is 1. The average molecular weight is 424 g/mol. The van der Waals surface area contributed by atoms with E-state index in [2.05, 4.69) is 0 Å².